The van der Waals surface area contributed by atoms with E-state index in [2.05, 4.69) is 10.1 Å². The molecule has 4 nitrogen and oxygen atoms in total. The number of halogens is 3. The molecule has 0 saturated carbocycles. The Labute approximate surface area is 105 Å². The van der Waals surface area contributed by atoms with Crippen molar-refractivity contribution in [3.8, 4) is 0 Å². The van der Waals surface area contributed by atoms with E-state index in [1.807, 2.05) is 0 Å². The largest absolute Gasteiger partial charge is 0.468 e. The molecular weight excluding hydrogens is 249 g/mol. The third-order valence-corrected chi connectivity index (χ3v) is 2.32. The van der Waals surface area contributed by atoms with E-state index < -0.39 is 24.7 Å². The quantitative estimate of drug-likeness (QED) is 0.677. The lowest BCUT2D eigenvalue weighted by Gasteiger charge is -2.27. The first-order valence-electron chi connectivity index (χ1n) is 5.94. The molecule has 0 fully saturated rings. The van der Waals surface area contributed by atoms with E-state index in [1.54, 1.807) is 13.8 Å². The summed E-state index contributed by atoms with van der Waals surface area (Å²) < 4.78 is 41.7. The summed E-state index contributed by atoms with van der Waals surface area (Å²) in [4.78, 5) is 12.6. The maximum atomic E-state index is 12.4. The molecule has 7 heteroatoms. The highest BCUT2D eigenvalue weighted by atomic mass is 19.4. The van der Waals surface area contributed by atoms with Crippen molar-refractivity contribution in [1.82, 2.24) is 10.2 Å². The maximum absolute atomic E-state index is 12.4. The lowest BCUT2D eigenvalue weighted by Crippen LogP contribution is -2.49. The van der Waals surface area contributed by atoms with Crippen molar-refractivity contribution in [1.29, 1.82) is 0 Å². The van der Waals surface area contributed by atoms with E-state index in [0.29, 0.717) is 19.5 Å². The molecule has 0 aromatic rings. The zero-order chi connectivity index (χ0) is 14.2. The number of nitrogens with one attached hydrogen (secondary N) is 1. The van der Waals surface area contributed by atoms with Crippen molar-refractivity contribution >= 4 is 5.97 Å². The van der Waals surface area contributed by atoms with E-state index in [1.165, 1.54) is 12.0 Å². The number of methoxy groups -OCH3 is 1. The van der Waals surface area contributed by atoms with Gasteiger partial charge in [-0.1, -0.05) is 13.8 Å². The Morgan fingerprint density at radius 2 is 2.00 bits per heavy atom. The molecule has 0 saturated heterocycles. The van der Waals surface area contributed by atoms with Crippen LogP contribution in [0.1, 0.15) is 20.3 Å². The number of nitrogens with zero attached hydrogens (tertiary/aromatic N) is 1. The molecule has 0 bridgehead atoms. The molecule has 0 spiro atoms. The van der Waals surface area contributed by atoms with Crippen LogP contribution in [0.2, 0.25) is 0 Å². The molecule has 18 heavy (non-hydrogen) atoms. The highest BCUT2D eigenvalue weighted by molar-refractivity contribution is 5.75. The van der Waals surface area contributed by atoms with Crippen LogP contribution < -0.4 is 5.32 Å². The Bertz CT molecular complexity index is 247. The van der Waals surface area contributed by atoms with Gasteiger partial charge in [0.1, 0.15) is 6.04 Å². The fourth-order valence-corrected chi connectivity index (χ4v) is 1.67. The molecule has 0 aromatic heterocycles. The van der Waals surface area contributed by atoms with Gasteiger partial charge in [-0.25, -0.2) is 0 Å². The van der Waals surface area contributed by atoms with Gasteiger partial charge >= 0.3 is 12.1 Å². The zero-order valence-corrected chi connectivity index (χ0v) is 11.0. The van der Waals surface area contributed by atoms with Crippen molar-refractivity contribution < 1.29 is 22.7 Å². The van der Waals surface area contributed by atoms with Crippen LogP contribution in [0, 0.1) is 0 Å². The lowest BCUT2D eigenvalue weighted by molar-refractivity contribution is -0.153. The van der Waals surface area contributed by atoms with Gasteiger partial charge in [-0.05, 0) is 19.5 Å². The number of rotatable bonds is 8. The third-order valence-electron chi connectivity index (χ3n) is 2.32. The minimum atomic E-state index is -4.26. The first-order chi connectivity index (χ1) is 8.34. The molecular formula is C11H21F3N2O2. The molecule has 0 aromatic carbocycles. The van der Waals surface area contributed by atoms with Crippen molar-refractivity contribution in [2.24, 2.45) is 0 Å². The van der Waals surface area contributed by atoms with Gasteiger partial charge in [0.25, 0.3) is 0 Å². The number of carbonyl (C=O) groups is 1. The van der Waals surface area contributed by atoms with Gasteiger partial charge in [0.05, 0.1) is 13.7 Å². The molecule has 108 valence electrons. The predicted octanol–water partition coefficient (Wildman–Crippen LogP) is 1.41. The monoisotopic (exact) mass is 270 g/mol. The normalized spacial score (nSPS) is 13.7. The van der Waals surface area contributed by atoms with Gasteiger partial charge < -0.3 is 10.1 Å². The van der Waals surface area contributed by atoms with Crippen LogP contribution in [0.5, 0.6) is 0 Å². The topological polar surface area (TPSA) is 41.6 Å². The summed E-state index contributed by atoms with van der Waals surface area (Å²) in [6.07, 6.45) is -3.67. The molecule has 0 amide bonds. The number of likely N-dealkylation sites (N-methyl/N-ethyl adjacent to an activating group) is 1. The summed E-state index contributed by atoms with van der Waals surface area (Å²) in [6.45, 7) is 3.34. The first-order valence-corrected chi connectivity index (χ1v) is 5.94. The molecule has 0 radical (unpaired) electrons. The van der Waals surface area contributed by atoms with E-state index >= 15 is 0 Å². The fourth-order valence-electron chi connectivity index (χ4n) is 1.67. The van der Waals surface area contributed by atoms with Crippen LogP contribution in [-0.2, 0) is 9.53 Å². The number of hydrogen-bond donors (Lipinski definition) is 1. The van der Waals surface area contributed by atoms with Gasteiger partial charge in [-0.2, -0.15) is 13.2 Å². The van der Waals surface area contributed by atoms with Crippen molar-refractivity contribution in [3.05, 3.63) is 0 Å². The highest BCUT2D eigenvalue weighted by Crippen LogP contribution is 2.16. The van der Waals surface area contributed by atoms with E-state index in [-0.39, 0.29) is 6.54 Å². The van der Waals surface area contributed by atoms with Crippen LogP contribution in [0.15, 0.2) is 0 Å². The minimum Gasteiger partial charge on any atom is -0.468 e. The van der Waals surface area contributed by atoms with Gasteiger partial charge in [0, 0.05) is 6.54 Å². The molecule has 0 aliphatic carbocycles. The van der Waals surface area contributed by atoms with Crippen LogP contribution in [-0.4, -0.2) is 56.4 Å². The summed E-state index contributed by atoms with van der Waals surface area (Å²) in [5.41, 5.74) is 0. The summed E-state index contributed by atoms with van der Waals surface area (Å²) in [5, 5.41) is 2.82. The Hall–Kier alpha value is -0.820. The number of esters is 1. The van der Waals surface area contributed by atoms with Crippen molar-refractivity contribution in [2.75, 3.05) is 33.3 Å². The number of ether oxygens (including phenoxy) is 1. The van der Waals surface area contributed by atoms with Gasteiger partial charge in [0.15, 0.2) is 0 Å². The maximum Gasteiger partial charge on any atom is 0.401 e. The zero-order valence-electron chi connectivity index (χ0n) is 11.0. The van der Waals surface area contributed by atoms with Crippen LogP contribution >= 0.6 is 0 Å². The Kier molecular flexibility index (Phi) is 7.93. The fraction of sp³-hybridized carbons (Fsp3) is 0.909. The van der Waals surface area contributed by atoms with E-state index in [9.17, 15) is 18.0 Å². The Morgan fingerprint density at radius 1 is 1.39 bits per heavy atom. The van der Waals surface area contributed by atoms with Gasteiger partial charge in [-0.15, -0.1) is 0 Å². The predicted molar refractivity (Wildman–Crippen MR) is 62.3 cm³/mol. The Balaban J connectivity index is 4.54. The summed E-state index contributed by atoms with van der Waals surface area (Å²) in [7, 11) is 1.22. The number of alkyl halides is 3. The van der Waals surface area contributed by atoms with Crippen LogP contribution in [0.25, 0.3) is 0 Å². The molecule has 1 unspecified atom stereocenters. The van der Waals surface area contributed by atoms with Crippen LogP contribution in [0.3, 0.4) is 0 Å². The number of carbonyl (C=O) groups excluding carboxylic acids is 1. The number of hydrogen-bond acceptors (Lipinski definition) is 4. The summed E-state index contributed by atoms with van der Waals surface area (Å²) in [5.74, 6) is -0.542. The van der Waals surface area contributed by atoms with Crippen molar-refractivity contribution in [2.45, 2.75) is 32.5 Å². The minimum absolute atomic E-state index is 0.00609. The second-order valence-electron chi connectivity index (χ2n) is 3.98. The average Bonchev–Trinajstić information content (AvgIpc) is 2.25. The van der Waals surface area contributed by atoms with Gasteiger partial charge in [0.2, 0.25) is 0 Å². The smallest absolute Gasteiger partial charge is 0.401 e. The van der Waals surface area contributed by atoms with E-state index in [4.69, 9.17) is 0 Å². The Morgan fingerprint density at radius 3 is 2.39 bits per heavy atom. The highest BCUT2D eigenvalue weighted by Gasteiger charge is 2.32. The first kappa shape index (κ1) is 17.2. The second kappa shape index (κ2) is 8.31. The third kappa shape index (κ3) is 7.50. The standard InChI is InChI=1S/C11H21F3N2O2/c1-4-6-16(8-11(12,13)14)7-9(15-5-2)10(17)18-3/h9,15H,4-8H2,1-3H3. The molecule has 1 atom stereocenters. The molecule has 0 aliphatic rings. The van der Waals surface area contributed by atoms with E-state index in [0.717, 1.165) is 0 Å². The lowest BCUT2D eigenvalue weighted by atomic mass is 10.2. The van der Waals surface area contributed by atoms with Crippen molar-refractivity contribution in [3.63, 3.8) is 0 Å². The summed E-state index contributed by atoms with van der Waals surface area (Å²) in [6, 6.07) is -0.728. The van der Waals surface area contributed by atoms with Crippen LogP contribution in [0.4, 0.5) is 13.2 Å². The molecule has 0 aliphatic heterocycles. The molecule has 0 rings (SSSR count). The van der Waals surface area contributed by atoms with Gasteiger partial charge in [-0.3, -0.25) is 9.69 Å². The average molecular weight is 270 g/mol. The second-order valence-corrected chi connectivity index (χ2v) is 3.98. The SMILES string of the molecule is CCCN(CC(NCC)C(=O)OC)CC(F)(F)F. The molecule has 1 N–H and O–H groups in total. The summed E-state index contributed by atoms with van der Waals surface area (Å²) >= 11 is 0. The molecule has 0 heterocycles.